The molecule has 0 amide bonds. The number of nitro benzene ring substituents is 1. The molecule has 6 heteroatoms. The van der Waals surface area contributed by atoms with E-state index in [0.717, 1.165) is 5.56 Å². The molecule has 0 spiro atoms. The van der Waals surface area contributed by atoms with E-state index in [4.69, 9.17) is 9.84 Å². The molecule has 19 heavy (non-hydrogen) atoms. The summed E-state index contributed by atoms with van der Waals surface area (Å²) < 4.78 is 5.57. The van der Waals surface area contributed by atoms with Crippen LogP contribution < -0.4 is 4.74 Å². The average molecular weight is 267 g/mol. The third-order valence-corrected chi connectivity index (χ3v) is 2.78. The highest BCUT2D eigenvalue weighted by atomic mass is 16.6. The number of aliphatic carboxylic acids is 1. The van der Waals surface area contributed by atoms with Crippen LogP contribution in [0.1, 0.15) is 30.9 Å². The second-order valence-electron chi connectivity index (χ2n) is 4.52. The van der Waals surface area contributed by atoms with Gasteiger partial charge in [0.15, 0.2) is 0 Å². The molecule has 1 atom stereocenters. The van der Waals surface area contributed by atoms with Crippen molar-refractivity contribution in [2.24, 2.45) is 0 Å². The molecule has 6 nitrogen and oxygen atoms in total. The molecule has 1 N–H and O–H groups in total. The van der Waals surface area contributed by atoms with Gasteiger partial charge in [-0.3, -0.25) is 14.9 Å². The number of ether oxygens (including phenoxy) is 1. The Morgan fingerprint density at radius 2 is 2.05 bits per heavy atom. The molecule has 1 aromatic rings. The molecule has 0 aliphatic carbocycles. The minimum atomic E-state index is -0.887. The number of hydrogen-bond donors (Lipinski definition) is 1. The van der Waals surface area contributed by atoms with E-state index < -0.39 is 10.9 Å². The van der Waals surface area contributed by atoms with Crippen LogP contribution in [0.3, 0.4) is 0 Å². The Kier molecular flexibility index (Phi) is 4.86. The summed E-state index contributed by atoms with van der Waals surface area (Å²) in [6, 6.07) is 3.08. The van der Waals surface area contributed by atoms with Gasteiger partial charge >= 0.3 is 5.97 Å². The van der Waals surface area contributed by atoms with Gasteiger partial charge in [0.2, 0.25) is 0 Å². The average Bonchev–Trinajstić information content (AvgIpc) is 2.29. The van der Waals surface area contributed by atoms with Gasteiger partial charge in [-0.2, -0.15) is 0 Å². The lowest BCUT2D eigenvalue weighted by atomic mass is 10.1. The zero-order valence-corrected chi connectivity index (χ0v) is 11.2. The van der Waals surface area contributed by atoms with Crippen LogP contribution in [0.2, 0.25) is 0 Å². The van der Waals surface area contributed by atoms with E-state index in [1.807, 2.05) is 0 Å². The summed E-state index contributed by atoms with van der Waals surface area (Å²) in [6.07, 6.45) is 0.0575. The molecule has 0 radical (unpaired) electrons. The second-order valence-corrected chi connectivity index (χ2v) is 4.52. The molecule has 104 valence electrons. The van der Waals surface area contributed by atoms with Crippen molar-refractivity contribution in [1.29, 1.82) is 0 Å². The zero-order valence-electron chi connectivity index (χ0n) is 11.2. The van der Waals surface area contributed by atoms with E-state index in [1.165, 1.54) is 6.07 Å². The number of benzene rings is 1. The Balaban J connectivity index is 2.85. The summed E-state index contributed by atoms with van der Waals surface area (Å²) in [5.74, 6) is -0.461. The first-order chi connectivity index (χ1) is 8.81. The predicted molar refractivity (Wildman–Crippen MR) is 69.5 cm³/mol. The number of nitrogens with zero attached hydrogens (tertiary/aromatic N) is 1. The van der Waals surface area contributed by atoms with Crippen LogP contribution in [0, 0.1) is 24.0 Å². The molecule has 0 heterocycles. The highest BCUT2D eigenvalue weighted by Crippen LogP contribution is 2.29. The van der Waals surface area contributed by atoms with Crippen LogP contribution in [0.15, 0.2) is 12.1 Å². The van der Waals surface area contributed by atoms with Gasteiger partial charge in [-0.25, -0.2) is 0 Å². The summed E-state index contributed by atoms with van der Waals surface area (Å²) in [5, 5.41) is 19.4. The number of carboxylic acids is 1. The second kappa shape index (κ2) is 6.17. The van der Waals surface area contributed by atoms with Crippen molar-refractivity contribution in [3.05, 3.63) is 33.4 Å². The fourth-order valence-electron chi connectivity index (χ4n) is 1.75. The van der Waals surface area contributed by atoms with Gasteiger partial charge in [0.25, 0.3) is 5.69 Å². The summed E-state index contributed by atoms with van der Waals surface area (Å²) >= 11 is 0. The van der Waals surface area contributed by atoms with Crippen LogP contribution in [0.4, 0.5) is 5.69 Å². The Bertz CT molecular complexity index is 498. The molecule has 0 saturated heterocycles. The van der Waals surface area contributed by atoms with Crippen LogP contribution >= 0.6 is 0 Å². The SMILES string of the molecule is Cc1cc(C)c([N+](=O)[O-])cc1OC(C)CCC(=O)O. The lowest BCUT2D eigenvalue weighted by Crippen LogP contribution is -2.14. The first kappa shape index (κ1) is 14.9. The monoisotopic (exact) mass is 267 g/mol. The molecule has 1 aromatic carbocycles. The third-order valence-electron chi connectivity index (χ3n) is 2.78. The maximum Gasteiger partial charge on any atom is 0.303 e. The fraction of sp³-hybridized carbons (Fsp3) is 0.462. The van der Waals surface area contributed by atoms with Gasteiger partial charge < -0.3 is 9.84 Å². The van der Waals surface area contributed by atoms with Crippen molar-refractivity contribution in [3.63, 3.8) is 0 Å². The number of rotatable bonds is 6. The number of carboxylic acid groups (broad SMARTS) is 1. The Hall–Kier alpha value is -2.11. The van der Waals surface area contributed by atoms with E-state index in [9.17, 15) is 14.9 Å². The van der Waals surface area contributed by atoms with Crippen molar-refractivity contribution in [3.8, 4) is 5.75 Å². The number of nitro groups is 1. The summed E-state index contributed by atoms with van der Waals surface area (Å²) in [5.41, 5.74) is 1.38. The molecule has 0 fully saturated rings. The maximum atomic E-state index is 10.9. The smallest absolute Gasteiger partial charge is 0.303 e. The highest BCUT2D eigenvalue weighted by molar-refractivity contribution is 5.66. The molecule has 0 bridgehead atoms. The lowest BCUT2D eigenvalue weighted by Gasteiger charge is -2.16. The lowest BCUT2D eigenvalue weighted by molar-refractivity contribution is -0.385. The molecule has 0 aliphatic rings. The Morgan fingerprint density at radius 1 is 1.42 bits per heavy atom. The Labute approximate surface area is 111 Å². The summed E-state index contributed by atoms with van der Waals surface area (Å²) in [4.78, 5) is 20.9. The molecule has 1 unspecified atom stereocenters. The maximum absolute atomic E-state index is 10.9. The van der Waals surface area contributed by atoms with Gasteiger partial charge in [-0.1, -0.05) is 0 Å². The number of aryl methyl sites for hydroxylation is 2. The largest absolute Gasteiger partial charge is 0.490 e. The van der Waals surface area contributed by atoms with Crippen molar-refractivity contribution in [2.45, 2.75) is 39.7 Å². The van der Waals surface area contributed by atoms with Crippen molar-refractivity contribution >= 4 is 11.7 Å². The topological polar surface area (TPSA) is 89.7 Å². The highest BCUT2D eigenvalue weighted by Gasteiger charge is 2.16. The minimum Gasteiger partial charge on any atom is -0.490 e. The normalized spacial score (nSPS) is 11.9. The van der Waals surface area contributed by atoms with E-state index >= 15 is 0 Å². The van der Waals surface area contributed by atoms with E-state index in [0.29, 0.717) is 17.7 Å². The third kappa shape index (κ3) is 4.24. The van der Waals surface area contributed by atoms with Gasteiger partial charge in [-0.15, -0.1) is 0 Å². The molecular weight excluding hydrogens is 250 g/mol. The summed E-state index contributed by atoms with van der Waals surface area (Å²) in [7, 11) is 0. The van der Waals surface area contributed by atoms with Crippen molar-refractivity contribution < 1.29 is 19.6 Å². The van der Waals surface area contributed by atoms with Crippen LogP contribution in [0.25, 0.3) is 0 Å². The van der Waals surface area contributed by atoms with E-state index in [-0.39, 0.29) is 18.2 Å². The first-order valence-electron chi connectivity index (χ1n) is 5.95. The molecule has 0 aliphatic heterocycles. The standard InChI is InChI=1S/C13H17NO5/c1-8-6-9(2)12(7-11(8)14(17)18)19-10(3)4-5-13(15)16/h6-7,10H,4-5H2,1-3H3,(H,15,16). The molecule has 1 rings (SSSR count). The van der Waals surface area contributed by atoms with Gasteiger partial charge in [0.05, 0.1) is 17.1 Å². The van der Waals surface area contributed by atoms with Gasteiger partial charge in [0.1, 0.15) is 5.75 Å². The molecule has 0 aromatic heterocycles. The zero-order chi connectivity index (χ0) is 14.6. The van der Waals surface area contributed by atoms with Gasteiger partial charge in [-0.05, 0) is 38.8 Å². The number of carbonyl (C=O) groups is 1. The van der Waals surface area contributed by atoms with Crippen LogP contribution in [0.5, 0.6) is 5.75 Å². The quantitative estimate of drug-likeness (QED) is 0.632. The van der Waals surface area contributed by atoms with Crippen LogP contribution in [-0.2, 0) is 4.79 Å². The van der Waals surface area contributed by atoms with E-state index in [2.05, 4.69) is 0 Å². The Morgan fingerprint density at radius 3 is 2.58 bits per heavy atom. The van der Waals surface area contributed by atoms with Crippen molar-refractivity contribution in [2.75, 3.05) is 0 Å². The van der Waals surface area contributed by atoms with Crippen molar-refractivity contribution in [1.82, 2.24) is 0 Å². The fourth-order valence-corrected chi connectivity index (χ4v) is 1.75. The predicted octanol–water partition coefficient (Wildman–Crippen LogP) is 2.84. The number of hydrogen-bond acceptors (Lipinski definition) is 4. The molecular formula is C13H17NO5. The molecule has 0 saturated carbocycles. The van der Waals surface area contributed by atoms with Gasteiger partial charge in [0, 0.05) is 12.0 Å². The van der Waals surface area contributed by atoms with Crippen LogP contribution in [-0.4, -0.2) is 22.1 Å². The summed E-state index contributed by atoms with van der Waals surface area (Å²) in [6.45, 7) is 5.22. The minimum absolute atomic E-state index is 0.00559. The first-order valence-corrected chi connectivity index (χ1v) is 5.95. The van der Waals surface area contributed by atoms with E-state index in [1.54, 1.807) is 26.8 Å².